The van der Waals surface area contributed by atoms with Gasteiger partial charge in [0.05, 0.1) is 0 Å². The molecular weight excluding hydrogens is 176 g/mol. The molecule has 0 saturated carbocycles. The van der Waals surface area contributed by atoms with E-state index >= 15 is 0 Å². The Hall–Kier alpha value is 0.177. The van der Waals surface area contributed by atoms with Gasteiger partial charge in [0.25, 0.3) is 0 Å². The van der Waals surface area contributed by atoms with Gasteiger partial charge in [-0.1, -0.05) is 53.4 Å². The normalized spacial score (nSPS) is 16.2. The second-order valence-electron chi connectivity index (χ2n) is 3.99. The predicted octanol–water partition coefficient (Wildman–Crippen LogP) is 4.00. The summed E-state index contributed by atoms with van der Waals surface area (Å²) < 4.78 is 5.68. The van der Waals surface area contributed by atoms with Gasteiger partial charge in [-0.3, -0.25) is 0 Å². The largest absolute Gasteiger partial charge is 0.419 e. The Labute approximate surface area is 85.6 Å². The summed E-state index contributed by atoms with van der Waals surface area (Å²) >= 11 is 0. The second-order valence-corrected chi connectivity index (χ2v) is 7.17. The highest BCUT2D eigenvalue weighted by Crippen LogP contribution is 2.28. The van der Waals surface area contributed by atoms with Crippen LogP contribution in [0.4, 0.5) is 0 Å². The lowest BCUT2D eigenvalue weighted by Crippen LogP contribution is -2.26. The van der Waals surface area contributed by atoms with Gasteiger partial charge in [0.1, 0.15) is 0 Å². The molecule has 0 aliphatic carbocycles. The third-order valence-corrected chi connectivity index (χ3v) is 5.64. The van der Waals surface area contributed by atoms with E-state index in [9.17, 15) is 0 Å². The van der Waals surface area contributed by atoms with Crippen LogP contribution in [-0.4, -0.2) is 16.2 Å². The molecule has 0 bridgehead atoms. The van der Waals surface area contributed by atoms with Crippen molar-refractivity contribution in [3.8, 4) is 0 Å². The zero-order valence-electron chi connectivity index (χ0n) is 9.89. The molecule has 0 N–H and O–H groups in total. The van der Waals surface area contributed by atoms with E-state index in [1.807, 2.05) is 7.11 Å². The van der Waals surface area contributed by atoms with Crippen molar-refractivity contribution in [3.63, 3.8) is 0 Å². The van der Waals surface area contributed by atoms with Gasteiger partial charge < -0.3 is 4.43 Å². The van der Waals surface area contributed by atoms with E-state index < -0.39 is 9.04 Å². The van der Waals surface area contributed by atoms with Crippen molar-refractivity contribution in [1.29, 1.82) is 0 Å². The fraction of sp³-hybridized carbons (Fsp3) is 1.00. The lowest BCUT2D eigenvalue weighted by Gasteiger charge is -2.25. The summed E-state index contributed by atoms with van der Waals surface area (Å²) in [6.45, 7) is 9.23. The molecule has 1 nitrogen and oxygen atoms in total. The molecule has 0 aromatic heterocycles. The van der Waals surface area contributed by atoms with Crippen molar-refractivity contribution in [2.75, 3.05) is 7.11 Å². The highest BCUT2D eigenvalue weighted by atomic mass is 28.3. The van der Waals surface area contributed by atoms with E-state index in [-0.39, 0.29) is 0 Å². The summed E-state index contributed by atoms with van der Waals surface area (Å²) in [4.78, 5) is 0. The summed E-state index contributed by atoms with van der Waals surface area (Å²) in [7, 11) is 1.33. The van der Waals surface area contributed by atoms with Crippen LogP contribution in [0.2, 0.25) is 11.1 Å². The summed E-state index contributed by atoms with van der Waals surface area (Å²) in [5.74, 6) is 0. The minimum Gasteiger partial charge on any atom is -0.419 e. The molecule has 13 heavy (non-hydrogen) atoms. The van der Waals surface area contributed by atoms with Crippen LogP contribution in [0.15, 0.2) is 0 Å². The van der Waals surface area contributed by atoms with E-state index in [1.165, 1.54) is 25.7 Å². The third kappa shape index (κ3) is 4.82. The number of rotatable bonds is 7. The molecule has 2 unspecified atom stereocenters. The molecule has 0 fully saturated rings. The molecule has 0 aromatic carbocycles. The standard InChI is InChI=1S/C11H25OSi/c1-6-8-10(3)13(12-5)11(4)9-7-2/h10-11H,6-9H2,1-5H3. The molecule has 79 valence electrons. The van der Waals surface area contributed by atoms with Crippen molar-refractivity contribution < 1.29 is 4.43 Å². The fourth-order valence-corrected chi connectivity index (χ4v) is 4.96. The van der Waals surface area contributed by atoms with E-state index in [1.54, 1.807) is 0 Å². The lowest BCUT2D eigenvalue weighted by molar-refractivity contribution is 0.389. The molecule has 0 spiro atoms. The Balaban J connectivity index is 3.98. The minimum atomic E-state index is -0.565. The maximum Gasteiger partial charge on any atom is 0.216 e. The van der Waals surface area contributed by atoms with Crippen molar-refractivity contribution in [2.24, 2.45) is 0 Å². The zero-order valence-corrected chi connectivity index (χ0v) is 10.9. The highest BCUT2D eigenvalue weighted by molar-refractivity contribution is 6.55. The molecule has 0 aliphatic rings. The monoisotopic (exact) mass is 201 g/mol. The van der Waals surface area contributed by atoms with Crippen molar-refractivity contribution in [2.45, 2.75) is 64.5 Å². The van der Waals surface area contributed by atoms with Gasteiger partial charge in [-0.15, -0.1) is 0 Å². The summed E-state index contributed by atoms with van der Waals surface area (Å²) in [5, 5.41) is 0. The molecule has 0 aromatic rings. The summed E-state index contributed by atoms with van der Waals surface area (Å²) in [6, 6.07) is 0. The van der Waals surface area contributed by atoms with Gasteiger partial charge in [-0.2, -0.15) is 0 Å². The molecule has 1 radical (unpaired) electrons. The summed E-state index contributed by atoms with van der Waals surface area (Å²) in [6.07, 6.45) is 5.24. The maximum atomic E-state index is 5.68. The van der Waals surface area contributed by atoms with Gasteiger partial charge in [-0.05, 0) is 11.1 Å². The van der Waals surface area contributed by atoms with Crippen LogP contribution < -0.4 is 0 Å². The Kier molecular flexibility index (Phi) is 7.67. The predicted molar refractivity (Wildman–Crippen MR) is 61.4 cm³/mol. The first kappa shape index (κ1) is 13.2. The molecule has 2 atom stereocenters. The maximum absolute atomic E-state index is 5.68. The molecule has 0 saturated heterocycles. The number of hydrogen-bond donors (Lipinski definition) is 0. The van der Waals surface area contributed by atoms with Crippen molar-refractivity contribution in [3.05, 3.63) is 0 Å². The quantitative estimate of drug-likeness (QED) is 0.566. The first-order valence-electron chi connectivity index (χ1n) is 5.58. The van der Waals surface area contributed by atoms with Gasteiger partial charge in [0, 0.05) is 7.11 Å². The Bertz CT molecular complexity index is 105. The lowest BCUT2D eigenvalue weighted by atomic mass is 10.2. The van der Waals surface area contributed by atoms with Gasteiger partial charge in [0.2, 0.25) is 9.04 Å². The first-order chi connectivity index (χ1) is 6.17. The van der Waals surface area contributed by atoms with Crippen LogP contribution in [0.3, 0.4) is 0 Å². The average Bonchev–Trinajstić information content (AvgIpc) is 2.06. The first-order valence-corrected chi connectivity index (χ1v) is 7.14. The van der Waals surface area contributed by atoms with Crippen LogP contribution in [0.5, 0.6) is 0 Å². The molecule has 0 heterocycles. The average molecular weight is 201 g/mol. The zero-order chi connectivity index (χ0) is 10.3. The Morgan fingerprint density at radius 3 is 1.62 bits per heavy atom. The molecule has 0 aliphatic heterocycles. The molecule has 0 rings (SSSR count). The third-order valence-electron chi connectivity index (χ3n) is 2.65. The minimum absolute atomic E-state index is 0.565. The van der Waals surface area contributed by atoms with Crippen molar-refractivity contribution in [1.82, 2.24) is 0 Å². The van der Waals surface area contributed by atoms with Gasteiger partial charge in [0.15, 0.2) is 0 Å². The topological polar surface area (TPSA) is 9.23 Å². The fourth-order valence-electron chi connectivity index (χ4n) is 2.04. The highest BCUT2D eigenvalue weighted by Gasteiger charge is 2.25. The van der Waals surface area contributed by atoms with E-state index in [4.69, 9.17) is 4.43 Å². The summed E-state index contributed by atoms with van der Waals surface area (Å²) in [5.41, 5.74) is 1.61. The number of hydrogen-bond acceptors (Lipinski definition) is 1. The van der Waals surface area contributed by atoms with E-state index in [0.29, 0.717) is 0 Å². The van der Waals surface area contributed by atoms with Gasteiger partial charge in [-0.25, -0.2) is 0 Å². The molecular formula is C11H25OSi. The van der Waals surface area contributed by atoms with Crippen LogP contribution in [0.1, 0.15) is 53.4 Å². The SMILES string of the molecule is CCCC(C)[Si](OC)C(C)CCC. The molecule has 0 amide bonds. The van der Waals surface area contributed by atoms with Crippen LogP contribution in [0.25, 0.3) is 0 Å². The van der Waals surface area contributed by atoms with Crippen LogP contribution >= 0.6 is 0 Å². The molecule has 2 heteroatoms. The van der Waals surface area contributed by atoms with Crippen molar-refractivity contribution >= 4 is 9.04 Å². The van der Waals surface area contributed by atoms with Gasteiger partial charge >= 0.3 is 0 Å². The van der Waals surface area contributed by atoms with E-state index in [0.717, 1.165) is 11.1 Å². The Morgan fingerprint density at radius 2 is 1.38 bits per heavy atom. The van der Waals surface area contributed by atoms with Crippen LogP contribution in [0, 0.1) is 0 Å². The second kappa shape index (κ2) is 7.57. The Morgan fingerprint density at radius 1 is 1.00 bits per heavy atom. The van der Waals surface area contributed by atoms with Crippen LogP contribution in [-0.2, 0) is 4.43 Å². The van der Waals surface area contributed by atoms with E-state index in [2.05, 4.69) is 27.7 Å². The smallest absolute Gasteiger partial charge is 0.216 e.